The van der Waals surface area contributed by atoms with Crippen molar-refractivity contribution in [2.24, 2.45) is 5.92 Å². The van der Waals surface area contributed by atoms with Gasteiger partial charge in [-0.2, -0.15) is 18.3 Å². The molecule has 12 heteroatoms. The molecule has 2 aliphatic rings. The van der Waals surface area contributed by atoms with Crippen LogP contribution < -0.4 is 10.1 Å². The predicted octanol–water partition coefficient (Wildman–Crippen LogP) is 5.21. The van der Waals surface area contributed by atoms with Gasteiger partial charge in [0.2, 0.25) is 0 Å². The molecule has 1 saturated carbocycles. The molecule has 0 unspecified atom stereocenters. The van der Waals surface area contributed by atoms with Gasteiger partial charge in [-0.05, 0) is 49.4 Å². The SMILES string of the molecule is CCn1cc(-c2cc(Cn3ccnc3)cc3c2NCN([C@H](c2cc(OC)ccn2)C2CC2)C3=O)c(C(F)(F)F)n1. The Morgan fingerprint density at radius 1 is 1.15 bits per heavy atom. The van der Waals surface area contributed by atoms with Gasteiger partial charge in [0.05, 0.1) is 43.1 Å². The molecule has 0 radical (unpaired) electrons. The van der Waals surface area contributed by atoms with E-state index in [1.54, 1.807) is 66.6 Å². The standard InChI is InChI=1S/C28H28F3N7O2/c1-3-37-14-22(26(35-37)28(29,30)31)20-10-17(13-36-9-8-32-15-36)11-21-24(20)34-16-38(27(21)39)25(18-4-5-18)23-12-19(40-2)6-7-33-23/h6-12,14-15,18,25,34H,3-5,13,16H2,1-2H3/t25-/m0/s1. The number of halogens is 3. The van der Waals surface area contributed by atoms with Crippen molar-refractivity contribution in [1.29, 1.82) is 0 Å². The molecule has 3 aromatic heterocycles. The lowest BCUT2D eigenvalue weighted by Gasteiger charge is -2.37. The minimum atomic E-state index is -4.66. The molecular formula is C28H28F3N7O2. The van der Waals surface area contributed by atoms with Gasteiger partial charge >= 0.3 is 6.18 Å². The van der Waals surface area contributed by atoms with Crippen molar-refractivity contribution >= 4 is 11.6 Å². The highest BCUT2D eigenvalue weighted by atomic mass is 19.4. The molecule has 1 aliphatic heterocycles. The maximum Gasteiger partial charge on any atom is 0.435 e. The second-order valence-corrected chi connectivity index (χ2v) is 10.1. The summed E-state index contributed by atoms with van der Waals surface area (Å²) in [4.78, 5) is 24.5. The molecule has 0 bridgehead atoms. The number of anilines is 1. The number of carbonyl (C=O) groups excluding carboxylic acids is 1. The fourth-order valence-electron chi connectivity index (χ4n) is 5.35. The summed E-state index contributed by atoms with van der Waals surface area (Å²) < 4.78 is 50.8. The van der Waals surface area contributed by atoms with E-state index in [-0.39, 0.29) is 42.2 Å². The number of amides is 1. The number of nitrogens with one attached hydrogen (secondary N) is 1. The Kier molecular flexibility index (Phi) is 6.47. The number of imidazole rings is 1. The number of hydrogen-bond acceptors (Lipinski definition) is 6. The molecule has 0 spiro atoms. The van der Waals surface area contributed by atoms with Crippen LogP contribution in [-0.2, 0) is 19.3 Å². The van der Waals surface area contributed by atoms with Crippen LogP contribution in [0.2, 0.25) is 0 Å². The van der Waals surface area contributed by atoms with Crippen LogP contribution in [0.4, 0.5) is 18.9 Å². The molecule has 1 fully saturated rings. The van der Waals surface area contributed by atoms with E-state index in [1.165, 1.54) is 10.9 Å². The lowest BCUT2D eigenvalue weighted by atomic mass is 9.94. The lowest BCUT2D eigenvalue weighted by Crippen LogP contribution is -2.43. The van der Waals surface area contributed by atoms with Gasteiger partial charge in [-0.15, -0.1) is 0 Å². The van der Waals surface area contributed by atoms with Crippen LogP contribution in [0.5, 0.6) is 5.75 Å². The van der Waals surface area contributed by atoms with Gasteiger partial charge < -0.3 is 19.5 Å². The molecule has 1 aliphatic carbocycles. The highest BCUT2D eigenvalue weighted by Gasteiger charge is 2.43. The van der Waals surface area contributed by atoms with E-state index < -0.39 is 11.9 Å². The van der Waals surface area contributed by atoms with E-state index >= 15 is 0 Å². The summed E-state index contributed by atoms with van der Waals surface area (Å²) in [5.41, 5.74) is 1.30. The third-order valence-electron chi connectivity index (χ3n) is 7.38. The van der Waals surface area contributed by atoms with Crippen molar-refractivity contribution in [3.63, 3.8) is 0 Å². The number of aromatic nitrogens is 5. The maximum absolute atomic E-state index is 14.2. The van der Waals surface area contributed by atoms with Crippen molar-refractivity contribution in [3.05, 3.63) is 77.9 Å². The molecule has 4 aromatic rings. The molecule has 9 nitrogen and oxygen atoms in total. The number of ether oxygens (including phenoxy) is 1. The second-order valence-electron chi connectivity index (χ2n) is 10.1. The largest absolute Gasteiger partial charge is 0.497 e. The van der Waals surface area contributed by atoms with Gasteiger partial charge in [-0.25, -0.2) is 4.98 Å². The third kappa shape index (κ3) is 4.78. The predicted molar refractivity (Wildman–Crippen MR) is 141 cm³/mol. The summed E-state index contributed by atoms with van der Waals surface area (Å²) in [7, 11) is 1.58. The molecule has 1 amide bonds. The first-order valence-electron chi connectivity index (χ1n) is 13.1. The van der Waals surface area contributed by atoms with Crippen molar-refractivity contribution in [2.75, 3.05) is 19.1 Å². The fourth-order valence-corrected chi connectivity index (χ4v) is 5.35. The van der Waals surface area contributed by atoms with E-state index in [0.29, 0.717) is 29.1 Å². The Bertz CT molecular complexity index is 1540. The van der Waals surface area contributed by atoms with E-state index in [0.717, 1.165) is 18.5 Å². The zero-order chi connectivity index (χ0) is 28.0. The molecule has 0 saturated heterocycles. The summed E-state index contributed by atoms with van der Waals surface area (Å²) in [6.07, 6.45) is 5.31. The summed E-state index contributed by atoms with van der Waals surface area (Å²) in [5, 5.41) is 7.10. The molecule has 6 rings (SSSR count). The van der Waals surface area contributed by atoms with Gasteiger partial charge in [0.15, 0.2) is 5.69 Å². The van der Waals surface area contributed by atoms with Gasteiger partial charge in [0, 0.05) is 55.1 Å². The number of fused-ring (bicyclic) bond motifs is 1. The minimum absolute atomic E-state index is 0.0694. The van der Waals surface area contributed by atoms with Crippen molar-refractivity contribution in [2.45, 2.75) is 45.1 Å². The first kappa shape index (κ1) is 25.9. The normalized spacial score (nSPS) is 16.0. The van der Waals surface area contributed by atoms with Crippen LogP contribution in [0, 0.1) is 5.92 Å². The molecule has 40 heavy (non-hydrogen) atoms. The van der Waals surface area contributed by atoms with Gasteiger partial charge in [-0.1, -0.05) is 0 Å². The van der Waals surface area contributed by atoms with Crippen molar-refractivity contribution in [1.82, 2.24) is 29.2 Å². The Labute approximate surface area is 228 Å². The smallest absolute Gasteiger partial charge is 0.435 e. The van der Waals surface area contributed by atoms with Crippen LogP contribution in [0.3, 0.4) is 0 Å². The first-order chi connectivity index (χ1) is 19.3. The number of alkyl halides is 3. The Morgan fingerprint density at radius 3 is 2.62 bits per heavy atom. The van der Waals surface area contributed by atoms with Crippen molar-refractivity contribution in [3.8, 4) is 16.9 Å². The molecule has 1 N–H and O–H groups in total. The number of hydrogen-bond donors (Lipinski definition) is 1. The highest BCUT2D eigenvalue weighted by molar-refractivity contribution is 6.05. The Morgan fingerprint density at radius 2 is 1.95 bits per heavy atom. The summed E-state index contributed by atoms with van der Waals surface area (Å²) in [5.74, 6) is 0.617. The van der Waals surface area contributed by atoms with Crippen LogP contribution >= 0.6 is 0 Å². The molecule has 208 valence electrons. The number of nitrogens with zero attached hydrogens (tertiary/aromatic N) is 6. The van der Waals surface area contributed by atoms with E-state index in [2.05, 4.69) is 20.4 Å². The molecule has 1 atom stereocenters. The zero-order valence-electron chi connectivity index (χ0n) is 22.0. The van der Waals surface area contributed by atoms with Gasteiger partial charge in [0.25, 0.3) is 5.91 Å². The van der Waals surface area contributed by atoms with E-state index in [4.69, 9.17) is 4.74 Å². The summed E-state index contributed by atoms with van der Waals surface area (Å²) in [6.45, 7) is 2.46. The molecule has 1 aromatic carbocycles. The number of benzene rings is 1. The minimum Gasteiger partial charge on any atom is -0.497 e. The first-order valence-corrected chi connectivity index (χ1v) is 13.1. The number of rotatable bonds is 8. The highest BCUT2D eigenvalue weighted by Crippen LogP contribution is 2.47. The quantitative estimate of drug-likeness (QED) is 0.323. The Hall–Kier alpha value is -4.35. The average molecular weight is 552 g/mol. The number of carbonyl (C=O) groups is 1. The number of aryl methyl sites for hydroxylation is 1. The van der Waals surface area contributed by atoms with E-state index in [9.17, 15) is 18.0 Å². The lowest BCUT2D eigenvalue weighted by molar-refractivity contribution is -0.141. The van der Waals surface area contributed by atoms with Crippen LogP contribution in [0.15, 0.2) is 55.4 Å². The van der Waals surface area contributed by atoms with Crippen molar-refractivity contribution < 1.29 is 22.7 Å². The number of pyridine rings is 1. The molecule has 4 heterocycles. The second kappa shape index (κ2) is 10.00. The van der Waals surface area contributed by atoms with Crippen LogP contribution in [0.1, 0.15) is 53.1 Å². The van der Waals surface area contributed by atoms with E-state index in [1.807, 2.05) is 6.07 Å². The van der Waals surface area contributed by atoms with Gasteiger partial charge in [-0.3, -0.25) is 14.5 Å². The third-order valence-corrected chi connectivity index (χ3v) is 7.38. The Balaban J connectivity index is 1.47. The average Bonchev–Trinajstić information content (AvgIpc) is 3.44. The summed E-state index contributed by atoms with van der Waals surface area (Å²) in [6, 6.07) is 6.74. The van der Waals surface area contributed by atoms with Crippen LogP contribution in [0.25, 0.3) is 11.1 Å². The fraction of sp³-hybridized carbons (Fsp3) is 0.357. The topological polar surface area (TPSA) is 90.1 Å². The summed E-state index contributed by atoms with van der Waals surface area (Å²) >= 11 is 0. The van der Waals surface area contributed by atoms with Gasteiger partial charge in [0.1, 0.15) is 5.75 Å². The maximum atomic E-state index is 14.2. The molecular weight excluding hydrogens is 523 g/mol. The number of methoxy groups -OCH3 is 1. The van der Waals surface area contributed by atoms with Crippen LogP contribution in [-0.4, -0.2) is 48.9 Å². The monoisotopic (exact) mass is 551 g/mol. The zero-order valence-corrected chi connectivity index (χ0v) is 22.0.